The number of carbonyl (C=O) groups excluding carboxylic acids is 2. The summed E-state index contributed by atoms with van der Waals surface area (Å²) in [6.45, 7) is 1.79. The summed E-state index contributed by atoms with van der Waals surface area (Å²) in [6.07, 6.45) is 1.75. The zero-order valence-corrected chi connectivity index (χ0v) is 16.8. The predicted molar refractivity (Wildman–Crippen MR) is 119 cm³/mol. The van der Waals surface area contributed by atoms with Gasteiger partial charge in [0.2, 0.25) is 0 Å². The van der Waals surface area contributed by atoms with Gasteiger partial charge in [0.05, 0.1) is 5.56 Å². The van der Waals surface area contributed by atoms with Crippen molar-refractivity contribution in [3.63, 3.8) is 0 Å². The Kier molecular flexibility index (Phi) is 4.37. The Morgan fingerprint density at radius 3 is 2.60 bits per heavy atom. The third kappa shape index (κ3) is 3.15. The number of carbonyl (C=O) groups is 2. The molecule has 0 aliphatic rings. The van der Waals surface area contributed by atoms with Gasteiger partial charge in [-0.15, -0.1) is 0 Å². The molecule has 0 atom stereocenters. The fourth-order valence-electron chi connectivity index (χ4n) is 3.46. The Hall–Kier alpha value is -3.84. The summed E-state index contributed by atoms with van der Waals surface area (Å²) in [5.74, 6) is -1.23. The van der Waals surface area contributed by atoms with Crippen LogP contribution in [0, 0.1) is 6.92 Å². The molecule has 0 bridgehead atoms. The largest absolute Gasteiger partial charge is 0.358 e. The first kappa shape index (κ1) is 18.2. The van der Waals surface area contributed by atoms with Crippen LogP contribution in [0.25, 0.3) is 31.8 Å². The molecule has 0 unspecified atom stereocenters. The fraction of sp³-hybridized carbons (Fsp3) is 0.0435. The molecule has 0 radical (unpaired) electrons. The molecule has 5 rings (SSSR count). The Morgan fingerprint density at radius 1 is 1.00 bits per heavy atom. The second-order valence-electron chi connectivity index (χ2n) is 6.88. The number of pyridine rings is 1. The van der Waals surface area contributed by atoms with E-state index in [1.807, 2.05) is 48.5 Å². The van der Waals surface area contributed by atoms with Crippen molar-refractivity contribution in [3.8, 4) is 10.6 Å². The minimum Gasteiger partial charge on any atom is -0.358 e. The molecule has 3 heterocycles. The number of ketones is 1. The fourth-order valence-corrected chi connectivity index (χ4v) is 4.37. The van der Waals surface area contributed by atoms with Crippen molar-refractivity contribution in [2.45, 2.75) is 6.92 Å². The lowest BCUT2D eigenvalue weighted by Gasteiger charge is -2.06. The number of thiazole rings is 1. The summed E-state index contributed by atoms with van der Waals surface area (Å²) < 4.78 is 0. The molecule has 6 nitrogen and oxygen atoms in total. The molecule has 0 aliphatic carbocycles. The van der Waals surface area contributed by atoms with Crippen molar-refractivity contribution < 1.29 is 9.59 Å². The molecule has 2 aromatic carbocycles. The van der Waals surface area contributed by atoms with Crippen LogP contribution in [0.1, 0.15) is 16.1 Å². The van der Waals surface area contributed by atoms with Crippen molar-refractivity contribution in [1.29, 1.82) is 0 Å². The minimum absolute atomic E-state index is 0.404. The van der Waals surface area contributed by atoms with E-state index in [2.05, 4.69) is 20.3 Å². The SMILES string of the molecule is Cc1[nH]c2ccccc2c1C(=O)C(=O)Nc1ccc(-c2nc3cccnc3s2)cc1. The van der Waals surface area contributed by atoms with E-state index in [0.29, 0.717) is 16.9 Å². The van der Waals surface area contributed by atoms with Gasteiger partial charge in [0.15, 0.2) is 0 Å². The highest BCUT2D eigenvalue weighted by atomic mass is 32.1. The number of nitrogens with zero attached hydrogens (tertiary/aromatic N) is 2. The number of benzene rings is 2. The van der Waals surface area contributed by atoms with Crippen molar-refractivity contribution in [3.05, 3.63) is 78.1 Å². The highest BCUT2D eigenvalue weighted by Gasteiger charge is 2.22. The molecule has 7 heteroatoms. The van der Waals surface area contributed by atoms with E-state index in [1.165, 1.54) is 11.3 Å². The Morgan fingerprint density at radius 2 is 1.80 bits per heavy atom. The standard InChI is InChI=1S/C23H16N4O2S/c1-13-19(16-5-2-3-6-17(16)25-13)20(28)21(29)26-15-10-8-14(9-11-15)22-27-18-7-4-12-24-23(18)30-22/h2-12,25H,1H3,(H,26,29). The van der Waals surface area contributed by atoms with Crippen LogP contribution in [0.3, 0.4) is 0 Å². The van der Waals surface area contributed by atoms with E-state index in [1.54, 1.807) is 25.3 Å². The maximum absolute atomic E-state index is 12.8. The zero-order chi connectivity index (χ0) is 20.7. The summed E-state index contributed by atoms with van der Waals surface area (Å²) in [5.41, 5.74) is 4.25. The number of aromatic amines is 1. The summed E-state index contributed by atoms with van der Waals surface area (Å²) in [6, 6.07) is 18.5. The number of nitrogens with one attached hydrogen (secondary N) is 2. The first-order valence-corrected chi connectivity index (χ1v) is 10.2. The van der Waals surface area contributed by atoms with Crippen LogP contribution in [-0.4, -0.2) is 26.6 Å². The van der Waals surface area contributed by atoms with E-state index in [0.717, 1.165) is 31.8 Å². The number of amides is 1. The van der Waals surface area contributed by atoms with E-state index >= 15 is 0 Å². The molecular formula is C23H16N4O2S. The lowest BCUT2D eigenvalue weighted by Crippen LogP contribution is -2.23. The van der Waals surface area contributed by atoms with E-state index in [-0.39, 0.29) is 0 Å². The summed E-state index contributed by atoms with van der Waals surface area (Å²) in [5, 5.41) is 4.29. The number of H-pyrrole nitrogens is 1. The van der Waals surface area contributed by atoms with Gasteiger partial charge in [-0.25, -0.2) is 9.97 Å². The van der Waals surface area contributed by atoms with Crippen LogP contribution < -0.4 is 5.32 Å². The zero-order valence-electron chi connectivity index (χ0n) is 16.0. The average molecular weight is 412 g/mol. The van der Waals surface area contributed by atoms with Crippen LogP contribution in [0.5, 0.6) is 0 Å². The molecular weight excluding hydrogens is 396 g/mol. The summed E-state index contributed by atoms with van der Waals surface area (Å²) in [7, 11) is 0. The van der Waals surface area contributed by atoms with Crippen molar-refractivity contribution in [2.24, 2.45) is 0 Å². The number of hydrogen-bond donors (Lipinski definition) is 2. The van der Waals surface area contributed by atoms with Crippen molar-refractivity contribution in [1.82, 2.24) is 15.0 Å². The van der Waals surface area contributed by atoms with Crippen molar-refractivity contribution >= 4 is 50.0 Å². The third-order valence-electron chi connectivity index (χ3n) is 4.88. The van der Waals surface area contributed by atoms with Crippen LogP contribution in [0.2, 0.25) is 0 Å². The van der Waals surface area contributed by atoms with Gasteiger partial charge in [0.25, 0.3) is 11.7 Å². The second-order valence-corrected chi connectivity index (χ2v) is 7.86. The molecule has 0 saturated carbocycles. The second kappa shape index (κ2) is 7.20. The summed E-state index contributed by atoms with van der Waals surface area (Å²) >= 11 is 1.51. The van der Waals surface area contributed by atoms with Gasteiger partial charge in [-0.05, 0) is 49.4 Å². The van der Waals surface area contributed by atoms with E-state index in [9.17, 15) is 9.59 Å². The molecule has 0 aliphatic heterocycles. The highest BCUT2D eigenvalue weighted by Crippen LogP contribution is 2.29. The Labute approximate surface area is 175 Å². The van der Waals surface area contributed by atoms with Gasteiger partial charge < -0.3 is 10.3 Å². The molecule has 0 spiro atoms. The lowest BCUT2D eigenvalue weighted by atomic mass is 10.1. The predicted octanol–water partition coefficient (Wildman–Crippen LogP) is 4.97. The van der Waals surface area contributed by atoms with Gasteiger partial charge in [-0.2, -0.15) is 0 Å². The first-order chi connectivity index (χ1) is 14.6. The van der Waals surface area contributed by atoms with Crippen molar-refractivity contribution in [2.75, 3.05) is 5.32 Å². The molecule has 0 fully saturated rings. The van der Waals surface area contributed by atoms with E-state index < -0.39 is 11.7 Å². The van der Waals surface area contributed by atoms with Gasteiger partial charge in [-0.3, -0.25) is 9.59 Å². The topological polar surface area (TPSA) is 87.7 Å². The first-order valence-electron chi connectivity index (χ1n) is 9.35. The number of Topliss-reactive ketones (excluding diaryl/α,β-unsaturated/α-hetero) is 1. The average Bonchev–Trinajstić information content (AvgIpc) is 3.34. The molecule has 146 valence electrons. The quantitative estimate of drug-likeness (QED) is 0.322. The monoisotopic (exact) mass is 412 g/mol. The maximum atomic E-state index is 12.8. The van der Waals surface area contributed by atoms with Crippen LogP contribution in [0.4, 0.5) is 5.69 Å². The molecule has 0 saturated heterocycles. The number of aryl methyl sites for hydroxylation is 1. The minimum atomic E-state index is -0.667. The smallest absolute Gasteiger partial charge is 0.296 e. The Bertz CT molecular complexity index is 1380. The number of para-hydroxylation sites is 1. The number of hydrogen-bond acceptors (Lipinski definition) is 5. The third-order valence-corrected chi connectivity index (χ3v) is 5.91. The molecule has 30 heavy (non-hydrogen) atoms. The molecule has 5 aromatic rings. The molecule has 2 N–H and O–H groups in total. The van der Waals surface area contributed by atoms with Crippen LogP contribution >= 0.6 is 11.3 Å². The molecule has 1 amide bonds. The number of rotatable bonds is 4. The normalized spacial score (nSPS) is 11.1. The Balaban J connectivity index is 1.37. The van der Waals surface area contributed by atoms with Crippen LogP contribution in [-0.2, 0) is 4.79 Å². The van der Waals surface area contributed by atoms with Gasteiger partial charge in [0, 0.05) is 34.0 Å². The van der Waals surface area contributed by atoms with Gasteiger partial charge in [-0.1, -0.05) is 29.5 Å². The van der Waals surface area contributed by atoms with Crippen LogP contribution in [0.15, 0.2) is 66.9 Å². The number of aromatic nitrogens is 3. The number of anilines is 1. The van der Waals surface area contributed by atoms with Gasteiger partial charge in [0.1, 0.15) is 15.4 Å². The highest BCUT2D eigenvalue weighted by molar-refractivity contribution is 7.21. The van der Waals surface area contributed by atoms with Gasteiger partial charge >= 0.3 is 0 Å². The lowest BCUT2D eigenvalue weighted by molar-refractivity contribution is -0.112. The number of fused-ring (bicyclic) bond motifs is 2. The maximum Gasteiger partial charge on any atom is 0.296 e. The van der Waals surface area contributed by atoms with E-state index in [4.69, 9.17) is 0 Å². The summed E-state index contributed by atoms with van der Waals surface area (Å²) in [4.78, 5) is 38.3. The molecule has 3 aromatic heterocycles.